The zero-order chi connectivity index (χ0) is 68.8. The van der Waals surface area contributed by atoms with Gasteiger partial charge in [-0.1, -0.05) is 0 Å². The van der Waals surface area contributed by atoms with E-state index in [0.717, 1.165) is 11.1 Å². The number of ether oxygens (including phenoxy) is 6. The number of allylic oxidation sites excluding steroid dienone is 8. The Hall–Kier alpha value is -9.90. The topological polar surface area (TPSA) is 410 Å². The predicted molar refractivity (Wildman–Crippen MR) is 342 cm³/mol. The zero-order valence-corrected chi connectivity index (χ0v) is 55.1. The summed E-state index contributed by atoms with van der Waals surface area (Å²) in [5.74, 6) is -6.40. The first kappa shape index (κ1) is 64.8. The molecule has 10 atom stereocenters. The second-order valence-electron chi connectivity index (χ2n) is 26.0. The van der Waals surface area contributed by atoms with E-state index in [-0.39, 0.29) is 108 Å². The van der Waals surface area contributed by atoms with Gasteiger partial charge >= 0.3 is 24.1 Å². The number of nitrogens with two attached hydrogens (primary N) is 2. The molecule has 10 aliphatic rings. The molecule has 28 nitrogen and oxygen atoms in total. The van der Waals surface area contributed by atoms with E-state index in [4.69, 9.17) is 49.9 Å². The fourth-order valence-electron chi connectivity index (χ4n) is 16.2. The quantitative estimate of drug-likeness (QED) is 0.0372. The van der Waals surface area contributed by atoms with Crippen LogP contribution in [0.15, 0.2) is 69.3 Å². The number of amides is 4. The van der Waals surface area contributed by atoms with Crippen molar-refractivity contribution in [3.63, 3.8) is 0 Å². The Bertz CT molecular complexity index is 4520. The summed E-state index contributed by atoms with van der Waals surface area (Å²) in [6, 6.07) is 6.64. The molecule has 4 amide bonds. The maximum atomic E-state index is 14.8. The van der Waals surface area contributed by atoms with Gasteiger partial charge in [-0.25, -0.2) is 19.6 Å². The van der Waals surface area contributed by atoms with Crippen LogP contribution >= 0.6 is 0 Å². The third kappa shape index (κ3) is 10.1. The number of rotatable bonds is 18. The van der Waals surface area contributed by atoms with Crippen LogP contribution in [0.4, 0.5) is 9.59 Å². The van der Waals surface area contributed by atoms with Gasteiger partial charge < -0.3 is 80.9 Å². The van der Waals surface area contributed by atoms with Crippen LogP contribution in [0.5, 0.6) is 0 Å². The average molecular weight is 1320 g/mol. The number of hydrogen-bond donors (Lipinski definition) is 8. The molecule has 0 aromatic carbocycles. The number of carbonyl (C=O) groups is 10. The third-order valence-electron chi connectivity index (χ3n) is 20.7. The van der Waals surface area contributed by atoms with Gasteiger partial charge in [0.25, 0.3) is 0 Å². The maximum absolute atomic E-state index is 14.8. The molecule has 4 fully saturated rings. The summed E-state index contributed by atoms with van der Waals surface area (Å²) in [6.07, 6.45) is -4.08. The highest BCUT2D eigenvalue weighted by Crippen LogP contribution is 2.58. The largest absolute Gasteiger partial charge is 0.458 e. The third-order valence-corrected chi connectivity index (χ3v) is 20.7. The summed E-state index contributed by atoms with van der Waals surface area (Å²) in [4.78, 5) is 158. The second kappa shape index (κ2) is 23.5. The van der Waals surface area contributed by atoms with Crippen molar-refractivity contribution in [2.75, 3.05) is 40.5 Å². The summed E-state index contributed by atoms with van der Waals surface area (Å²) >= 11 is 0. The number of esters is 2. The zero-order valence-electron chi connectivity index (χ0n) is 55.1. The van der Waals surface area contributed by atoms with Gasteiger partial charge in [-0.05, 0) is 126 Å². The van der Waals surface area contributed by atoms with Crippen LogP contribution in [0, 0.1) is 25.7 Å². The number of aromatic amines is 2. The molecule has 11 heterocycles. The van der Waals surface area contributed by atoms with Gasteiger partial charge in [-0.15, -0.1) is 0 Å². The van der Waals surface area contributed by atoms with Crippen molar-refractivity contribution < 1.29 is 76.4 Å². The fourth-order valence-corrected chi connectivity index (χ4v) is 16.2. The lowest BCUT2D eigenvalue weighted by Gasteiger charge is -2.39. The molecule has 0 radical (unpaired) electrons. The average Bonchev–Trinajstić information content (AvgIpc) is 1.51. The molecular weight excluding hydrogens is 1240 g/mol. The lowest BCUT2D eigenvalue weighted by molar-refractivity contribution is -0.146. The first-order valence-electron chi connectivity index (χ1n) is 31.8. The Morgan fingerprint density at radius 2 is 0.948 bits per heavy atom. The van der Waals surface area contributed by atoms with Gasteiger partial charge in [0, 0.05) is 122 Å². The molecule has 2 aliphatic carbocycles. The Labute approximate surface area is 549 Å². The van der Waals surface area contributed by atoms with E-state index in [9.17, 15) is 47.9 Å². The number of aromatic nitrogens is 4. The van der Waals surface area contributed by atoms with Crippen molar-refractivity contribution in [2.45, 2.75) is 143 Å². The van der Waals surface area contributed by atoms with Gasteiger partial charge in [0.05, 0.1) is 69.5 Å². The monoisotopic (exact) mass is 1310 g/mol. The van der Waals surface area contributed by atoms with Crippen LogP contribution < -0.4 is 32.7 Å². The summed E-state index contributed by atoms with van der Waals surface area (Å²) in [5.41, 5.74) is 17.6. The van der Waals surface area contributed by atoms with Crippen molar-refractivity contribution in [1.29, 1.82) is 0 Å². The lowest BCUT2D eigenvalue weighted by atomic mass is 9.82. The number of fused-ring (bicyclic) bond motifs is 16. The number of methoxy groups -OCH3 is 2. The van der Waals surface area contributed by atoms with Crippen LogP contribution in [-0.2, 0) is 66.8 Å². The Balaban J connectivity index is 0.872. The summed E-state index contributed by atoms with van der Waals surface area (Å²) in [7, 11) is 2.92. The van der Waals surface area contributed by atoms with E-state index in [1.807, 2.05) is 45.9 Å². The summed E-state index contributed by atoms with van der Waals surface area (Å²) < 4.78 is 34.5. The molecule has 3 aromatic heterocycles. The van der Waals surface area contributed by atoms with Crippen LogP contribution in [0.3, 0.4) is 0 Å². The number of aryl methyl sites for hydroxylation is 2. The molecule has 502 valence electrons. The van der Waals surface area contributed by atoms with E-state index in [1.165, 1.54) is 41.9 Å². The van der Waals surface area contributed by atoms with Crippen molar-refractivity contribution >= 4 is 103 Å². The van der Waals surface area contributed by atoms with Gasteiger partial charge in [0.2, 0.25) is 34.9 Å². The van der Waals surface area contributed by atoms with Crippen molar-refractivity contribution in [3.8, 4) is 0 Å². The van der Waals surface area contributed by atoms with Gasteiger partial charge in [0.1, 0.15) is 25.4 Å². The number of carbonyl (C=O) groups excluding carboxylic acids is 10. The van der Waals surface area contributed by atoms with E-state index in [1.54, 1.807) is 29.7 Å². The highest BCUT2D eigenvalue weighted by Gasteiger charge is 2.74. The predicted octanol–water partition coefficient (Wildman–Crippen LogP) is 4.64. The van der Waals surface area contributed by atoms with E-state index < -0.39 is 94.6 Å². The van der Waals surface area contributed by atoms with Crippen LogP contribution in [-0.4, -0.2) is 165 Å². The Kier molecular flexibility index (Phi) is 15.8. The number of nitrogens with one attached hydrogen (secondary N) is 6. The van der Waals surface area contributed by atoms with Crippen LogP contribution in [0.25, 0.3) is 44.4 Å². The number of hydrogen-bond acceptors (Lipinski definition) is 22. The SMILES string of the molecule is CO[C@@]12[C@H](COC(N)=O)C3=C(C(=O)C(C)=C(NC(=O)CCC4=C(C)c5cc6[nH]c(cc7[nH]c(cc8nc(cc4n5)C(CCC(=O)NC4=C(C)C(=O)C5=C(C4=O)[C@@H](COC(N)=O)[C@@]4(OC)[C@H]9N[C@H]9CN54)=C8C)c(C(C)OC(C)=O)c7C)c(C(C)OC(C)=O)c6C)C3=O)N1C[C@@H]1N[C@@H]12. The molecule has 2 unspecified atom stereocenters. The summed E-state index contributed by atoms with van der Waals surface area (Å²) in [6.45, 7) is 16.5. The molecule has 96 heavy (non-hydrogen) atoms. The highest BCUT2D eigenvalue weighted by atomic mass is 16.6. The van der Waals surface area contributed by atoms with Gasteiger partial charge in [-0.2, -0.15) is 0 Å². The number of nitrogens with zero attached hydrogens (tertiary/aromatic N) is 4. The van der Waals surface area contributed by atoms with Crippen molar-refractivity contribution in [2.24, 2.45) is 23.3 Å². The van der Waals surface area contributed by atoms with E-state index in [2.05, 4.69) is 31.2 Å². The highest BCUT2D eigenvalue weighted by molar-refractivity contribution is 6.27. The number of Topliss-reactive ketones (excluding diaryl/α,β-unsaturated/α-hetero) is 4. The molecule has 8 bridgehead atoms. The number of ketones is 4. The number of piperazine rings is 2. The Morgan fingerprint density at radius 3 is 1.33 bits per heavy atom. The Morgan fingerprint density at radius 1 is 0.562 bits per heavy atom. The molecule has 28 heteroatoms. The minimum absolute atomic E-state index is 0.00748. The second-order valence-corrected chi connectivity index (χ2v) is 26.0. The first-order valence-corrected chi connectivity index (χ1v) is 31.8. The molecule has 13 rings (SSSR count). The molecule has 0 saturated carbocycles. The smallest absolute Gasteiger partial charge is 0.404 e. The van der Waals surface area contributed by atoms with E-state index in [0.29, 0.717) is 91.4 Å². The molecule has 3 aromatic rings. The van der Waals surface area contributed by atoms with Crippen molar-refractivity contribution in [1.82, 2.24) is 51.0 Å². The molecule has 0 spiro atoms. The number of H-pyrrole nitrogens is 2. The van der Waals surface area contributed by atoms with Crippen molar-refractivity contribution in [3.05, 3.63) is 114 Å². The minimum atomic E-state index is -1.25. The maximum Gasteiger partial charge on any atom is 0.404 e. The van der Waals surface area contributed by atoms with E-state index >= 15 is 0 Å². The van der Waals surface area contributed by atoms with Gasteiger partial charge in [0.15, 0.2) is 11.4 Å². The minimum Gasteiger partial charge on any atom is -0.458 e. The fraction of sp³-hybridized carbons (Fsp3) is 0.441. The van der Waals surface area contributed by atoms with Crippen LogP contribution in [0.1, 0.15) is 138 Å². The molecule has 4 saturated heterocycles. The summed E-state index contributed by atoms with van der Waals surface area (Å²) in [5, 5.41) is 12.2. The molecule has 8 aliphatic heterocycles. The molecule has 10 N–H and O–H groups in total. The standard InChI is InChI=1S/C68H74N12O16/c1-25-35(13-15-49(83)77-55-29(5)59(85)57-53(61(55)87)37(23-93-65(69)89)67(91-11)63-47(75-63)21-79(57)67)43-20-44-36(14-16-50(84)78-56-30(6)60(86)58-54(62(56)88)38(24-94-66(70)90)68(92-12)64-48(76-64)22-80(58)68)26(2)40(72-44)18-45-52(32(8)96-34(10)82)28(4)42(74-45)19-46-51(31(7)95-33(9)81)27(3)41(73-46)17-39(25)71-43/h17-20,31-32,37-38,47-48,63-64,73-76H,13-16,21-24H2,1-12H3,(H2,69,89)(H2,70,90)(H,77,83)(H,78,84)/t31?,32?,37-,38-,47+,48+,63+,64+,67-,68-/m1/s1. The normalized spacial score (nSPS) is 25.8. The van der Waals surface area contributed by atoms with Crippen LogP contribution in [0.2, 0.25) is 0 Å². The van der Waals surface area contributed by atoms with Gasteiger partial charge in [-0.3, -0.25) is 38.4 Å². The first-order chi connectivity index (χ1) is 45.6. The molecular formula is C68H74N12O16. The lowest BCUT2D eigenvalue weighted by Crippen LogP contribution is -2.55. The number of primary amides is 2.